The smallest absolute Gasteiger partial charge is 0.203 e. The van der Waals surface area contributed by atoms with Gasteiger partial charge < -0.3 is 20.7 Å². The van der Waals surface area contributed by atoms with E-state index in [1.165, 1.54) is 12.3 Å². The van der Waals surface area contributed by atoms with E-state index in [2.05, 4.69) is 10.5 Å². The molecule has 7 heteroatoms. The number of aliphatic hydroxyl groups excluding tert-OH is 1. The van der Waals surface area contributed by atoms with Crippen molar-refractivity contribution in [1.82, 2.24) is 5.43 Å². The molecule has 0 radical (unpaired) electrons. The van der Waals surface area contributed by atoms with Crippen LogP contribution in [0.15, 0.2) is 32.5 Å². The molecule has 0 amide bonds. The fourth-order valence-corrected chi connectivity index (χ4v) is 1.72. The summed E-state index contributed by atoms with van der Waals surface area (Å²) in [6.07, 6.45) is 1.26. The average Bonchev–Trinajstić information content (AvgIpc) is 2.39. The molecule has 100 valence electrons. The van der Waals surface area contributed by atoms with Crippen LogP contribution in [0.25, 0.3) is 11.0 Å². The summed E-state index contributed by atoms with van der Waals surface area (Å²) in [4.78, 5) is 12.2. The Hall–Kier alpha value is -2.05. The zero-order chi connectivity index (χ0) is 13.8. The third-order valence-corrected chi connectivity index (χ3v) is 2.66. The van der Waals surface area contributed by atoms with Crippen molar-refractivity contribution in [2.45, 2.75) is 0 Å². The topological polar surface area (TPSA) is 101 Å². The van der Waals surface area contributed by atoms with Crippen molar-refractivity contribution in [3.05, 3.63) is 39.0 Å². The van der Waals surface area contributed by atoms with Crippen molar-refractivity contribution in [1.29, 1.82) is 0 Å². The third kappa shape index (κ3) is 2.86. The number of nitrogens with zero attached hydrogens (tertiary/aromatic N) is 1. The number of anilines is 1. The van der Waals surface area contributed by atoms with Crippen LogP contribution in [0.3, 0.4) is 0 Å². The van der Waals surface area contributed by atoms with E-state index in [9.17, 15) is 4.79 Å². The number of hydrogen-bond donors (Lipinski definition) is 3. The van der Waals surface area contributed by atoms with Gasteiger partial charge in [-0.1, -0.05) is 11.6 Å². The standard InChI is InChI=1S/C12H12ClN3O3/c13-7-1-2-10-8(5-7)11(18)9(12(14)19-10)6-16-15-3-4-17/h1-2,5-6,15,17H,3-4,14H2/b16-6+. The second-order valence-electron chi connectivity index (χ2n) is 3.74. The van der Waals surface area contributed by atoms with Gasteiger partial charge in [-0.05, 0) is 18.2 Å². The molecular weight excluding hydrogens is 270 g/mol. The summed E-state index contributed by atoms with van der Waals surface area (Å²) < 4.78 is 5.34. The van der Waals surface area contributed by atoms with E-state index in [1.807, 2.05) is 0 Å². The summed E-state index contributed by atoms with van der Waals surface area (Å²) in [5, 5.41) is 13.1. The number of nitrogens with one attached hydrogen (secondary N) is 1. The SMILES string of the molecule is Nc1oc2ccc(Cl)cc2c(=O)c1/C=N/NCCO. The van der Waals surface area contributed by atoms with Crippen LogP contribution in [-0.4, -0.2) is 24.5 Å². The maximum absolute atomic E-state index is 12.2. The van der Waals surface area contributed by atoms with Gasteiger partial charge in [0.25, 0.3) is 0 Å². The van der Waals surface area contributed by atoms with Crippen LogP contribution in [0.4, 0.5) is 5.88 Å². The number of nitrogens with two attached hydrogens (primary N) is 1. The van der Waals surface area contributed by atoms with Crippen LogP contribution in [0, 0.1) is 0 Å². The Morgan fingerprint density at radius 1 is 1.53 bits per heavy atom. The zero-order valence-electron chi connectivity index (χ0n) is 9.89. The van der Waals surface area contributed by atoms with Crippen molar-refractivity contribution in [3.63, 3.8) is 0 Å². The van der Waals surface area contributed by atoms with Crippen LogP contribution >= 0.6 is 11.6 Å². The van der Waals surface area contributed by atoms with E-state index in [1.54, 1.807) is 12.1 Å². The highest BCUT2D eigenvalue weighted by Crippen LogP contribution is 2.20. The number of fused-ring (bicyclic) bond motifs is 1. The zero-order valence-corrected chi connectivity index (χ0v) is 10.6. The number of benzene rings is 1. The first kappa shape index (κ1) is 13.4. The molecule has 0 saturated heterocycles. The van der Waals surface area contributed by atoms with Gasteiger partial charge in [-0.15, -0.1) is 0 Å². The van der Waals surface area contributed by atoms with Crippen LogP contribution < -0.4 is 16.6 Å². The molecule has 0 atom stereocenters. The highest BCUT2D eigenvalue weighted by molar-refractivity contribution is 6.31. The lowest BCUT2D eigenvalue weighted by Gasteiger charge is -2.03. The van der Waals surface area contributed by atoms with Gasteiger partial charge in [0.15, 0.2) is 0 Å². The van der Waals surface area contributed by atoms with Gasteiger partial charge in [0.2, 0.25) is 11.3 Å². The van der Waals surface area contributed by atoms with Crippen LogP contribution in [0.5, 0.6) is 0 Å². The second-order valence-corrected chi connectivity index (χ2v) is 4.18. The van der Waals surface area contributed by atoms with E-state index in [4.69, 9.17) is 26.9 Å². The molecule has 0 aliphatic heterocycles. The number of hydrazone groups is 1. The molecule has 1 heterocycles. The Morgan fingerprint density at radius 3 is 3.05 bits per heavy atom. The van der Waals surface area contributed by atoms with Crippen molar-refractivity contribution >= 4 is 34.7 Å². The molecule has 0 aliphatic rings. The Kier molecular flexibility index (Phi) is 4.03. The summed E-state index contributed by atoms with van der Waals surface area (Å²) >= 11 is 5.84. The minimum atomic E-state index is -0.309. The lowest BCUT2D eigenvalue weighted by atomic mass is 10.1. The summed E-state index contributed by atoms with van der Waals surface area (Å²) in [5.41, 5.74) is 8.42. The maximum Gasteiger partial charge on any atom is 0.203 e. The molecule has 0 bridgehead atoms. The predicted molar refractivity (Wildman–Crippen MR) is 74.6 cm³/mol. The van der Waals surface area contributed by atoms with Crippen LogP contribution in [0.1, 0.15) is 5.56 Å². The van der Waals surface area contributed by atoms with Gasteiger partial charge in [0.05, 0.1) is 24.8 Å². The molecule has 0 unspecified atom stereocenters. The van der Waals surface area contributed by atoms with Gasteiger partial charge in [0, 0.05) is 5.02 Å². The molecule has 0 fully saturated rings. The van der Waals surface area contributed by atoms with E-state index in [0.717, 1.165) is 0 Å². The first-order valence-electron chi connectivity index (χ1n) is 5.52. The fourth-order valence-electron chi connectivity index (χ4n) is 1.55. The maximum atomic E-state index is 12.2. The highest BCUT2D eigenvalue weighted by Gasteiger charge is 2.10. The fraction of sp³-hybridized carbons (Fsp3) is 0.167. The second kappa shape index (κ2) is 5.73. The molecule has 1 aromatic heterocycles. The number of halogens is 1. The van der Waals surface area contributed by atoms with Gasteiger partial charge >= 0.3 is 0 Å². The van der Waals surface area contributed by atoms with Crippen LogP contribution in [-0.2, 0) is 0 Å². The normalized spacial score (nSPS) is 11.3. The number of rotatable bonds is 4. The summed E-state index contributed by atoms with van der Waals surface area (Å²) in [7, 11) is 0. The first-order chi connectivity index (χ1) is 9.13. The van der Waals surface area contributed by atoms with Gasteiger partial charge in [-0.25, -0.2) is 0 Å². The van der Waals surface area contributed by atoms with Crippen LogP contribution in [0.2, 0.25) is 5.02 Å². The minimum Gasteiger partial charge on any atom is -0.440 e. The molecule has 6 nitrogen and oxygen atoms in total. The molecule has 2 rings (SSSR count). The van der Waals surface area contributed by atoms with E-state index >= 15 is 0 Å². The monoisotopic (exact) mass is 281 g/mol. The van der Waals surface area contributed by atoms with Gasteiger partial charge in [0.1, 0.15) is 11.1 Å². The Bertz CT molecular complexity index is 682. The van der Waals surface area contributed by atoms with Crippen molar-refractivity contribution in [2.75, 3.05) is 18.9 Å². The number of aliphatic hydroxyl groups is 1. The quantitative estimate of drug-likeness (QED) is 0.440. The summed E-state index contributed by atoms with van der Waals surface area (Å²) in [6.45, 7) is 0.218. The summed E-state index contributed by atoms with van der Waals surface area (Å²) in [5.74, 6) is -0.0191. The van der Waals surface area contributed by atoms with Gasteiger partial charge in [-0.2, -0.15) is 5.10 Å². The highest BCUT2D eigenvalue weighted by atomic mass is 35.5. The Balaban J connectivity index is 2.49. The van der Waals surface area contributed by atoms with Crippen molar-refractivity contribution in [2.24, 2.45) is 5.10 Å². The number of nitrogen functional groups attached to an aromatic ring is 1. The average molecular weight is 282 g/mol. The molecule has 4 N–H and O–H groups in total. The minimum absolute atomic E-state index is 0.0191. The molecule has 0 spiro atoms. The molecule has 19 heavy (non-hydrogen) atoms. The predicted octanol–water partition coefficient (Wildman–Crippen LogP) is 0.944. The Morgan fingerprint density at radius 2 is 2.32 bits per heavy atom. The van der Waals surface area contributed by atoms with E-state index in [0.29, 0.717) is 16.0 Å². The third-order valence-electron chi connectivity index (χ3n) is 2.42. The van der Waals surface area contributed by atoms with E-state index < -0.39 is 0 Å². The van der Waals surface area contributed by atoms with Crippen molar-refractivity contribution in [3.8, 4) is 0 Å². The molecule has 0 saturated carbocycles. The molecule has 1 aromatic carbocycles. The molecule has 2 aromatic rings. The number of hydrogen-bond acceptors (Lipinski definition) is 6. The van der Waals surface area contributed by atoms with Gasteiger partial charge in [-0.3, -0.25) is 4.79 Å². The summed E-state index contributed by atoms with van der Waals surface area (Å²) in [6, 6.07) is 4.71. The largest absolute Gasteiger partial charge is 0.440 e. The van der Waals surface area contributed by atoms with Crippen molar-refractivity contribution < 1.29 is 9.52 Å². The lowest BCUT2D eigenvalue weighted by Crippen LogP contribution is -2.15. The lowest BCUT2D eigenvalue weighted by molar-refractivity contribution is 0.294. The molecular formula is C12H12ClN3O3. The Labute approximate surface area is 113 Å². The first-order valence-corrected chi connectivity index (χ1v) is 5.90. The van der Waals surface area contributed by atoms with E-state index in [-0.39, 0.29) is 30.0 Å². The molecule has 0 aliphatic carbocycles.